The van der Waals surface area contributed by atoms with Crippen LogP contribution in [0.4, 0.5) is 0 Å². The summed E-state index contributed by atoms with van der Waals surface area (Å²) in [7, 11) is 0. The number of fused-ring (bicyclic) bond motifs is 1. The molecule has 108 valence electrons. The van der Waals surface area contributed by atoms with E-state index < -0.39 is 0 Å². The maximum atomic E-state index is 11.8. The quantitative estimate of drug-likeness (QED) is 0.814. The van der Waals surface area contributed by atoms with Crippen molar-refractivity contribution in [2.75, 3.05) is 18.2 Å². The van der Waals surface area contributed by atoms with Crippen molar-refractivity contribution >= 4 is 34.4 Å². The third-order valence-electron chi connectivity index (χ3n) is 3.41. The van der Waals surface area contributed by atoms with E-state index in [2.05, 4.69) is 0 Å². The van der Waals surface area contributed by atoms with Crippen molar-refractivity contribution < 1.29 is 14.3 Å². The fourth-order valence-electron chi connectivity index (χ4n) is 2.32. The van der Waals surface area contributed by atoms with Gasteiger partial charge < -0.3 is 9.64 Å². The lowest BCUT2D eigenvalue weighted by Gasteiger charge is -2.14. The molecule has 1 heterocycles. The average Bonchev–Trinajstić information content (AvgIpc) is 2.90. The molecular formula is C16H15NO3S. The molecule has 0 bridgehead atoms. The maximum absolute atomic E-state index is 11.8. The molecule has 1 aliphatic rings. The second-order valence-electron chi connectivity index (χ2n) is 4.87. The van der Waals surface area contributed by atoms with Crippen LogP contribution in [0.3, 0.4) is 0 Å². The van der Waals surface area contributed by atoms with Gasteiger partial charge in [-0.3, -0.25) is 9.59 Å². The third-order valence-corrected chi connectivity index (χ3v) is 4.36. The summed E-state index contributed by atoms with van der Waals surface area (Å²) in [5, 5.41) is 2.21. The molecule has 0 radical (unpaired) electrons. The molecule has 0 spiro atoms. The molecule has 5 heteroatoms. The van der Waals surface area contributed by atoms with E-state index in [1.807, 2.05) is 42.5 Å². The molecule has 21 heavy (non-hydrogen) atoms. The summed E-state index contributed by atoms with van der Waals surface area (Å²) in [5.41, 5.74) is 0.976. The second-order valence-corrected chi connectivity index (χ2v) is 5.82. The Hall–Kier alpha value is -2.01. The molecule has 0 atom stereocenters. The third kappa shape index (κ3) is 3.19. The molecule has 0 unspecified atom stereocenters. The normalized spacial score (nSPS) is 14.7. The standard InChI is InChI=1S/C16H15NO3S/c18-15-10-21-11-17(15)8-16(19)20-9-13-6-3-5-12-4-1-2-7-14(12)13/h1-7H,8-11H2. The Labute approximate surface area is 127 Å². The molecule has 0 saturated carbocycles. The van der Waals surface area contributed by atoms with Gasteiger partial charge in [0.2, 0.25) is 5.91 Å². The topological polar surface area (TPSA) is 46.6 Å². The van der Waals surface area contributed by atoms with Gasteiger partial charge in [0.15, 0.2) is 0 Å². The number of esters is 1. The van der Waals surface area contributed by atoms with Crippen molar-refractivity contribution in [2.45, 2.75) is 6.61 Å². The monoisotopic (exact) mass is 301 g/mol. The van der Waals surface area contributed by atoms with Crippen molar-refractivity contribution in [1.29, 1.82) is 0 Å². The lowest BCUT2D eigenvalue weighted by Crippen LogP contribution is -2.32. The van der Waals surface area contributed by atoms with E-state index in [1.54, 1.807) is 0 Å². The van der Waals surface area contributed by atoms with Crippen molar-refractivity contribution in [1.82, 2.24) is 4.90 Å². The Balaban J connectivity index is 1.63. The first kappa shape index (κ1) is 13.9. The van der Waals surface area contributed by atoms with Crippen LogP contribution < -0.4 is 0 Å². The highest BCUT2D eigenvalue weighted by Gasteiger charge is 2.23. The molecular weight excluding hydrogens is 286 g/mol. The van der Waals surface area contributed by atoms with Crippen LogP contribution in [0.2, 0.25) is 0 Å². The summed E-state index contributed by atoms with van der Waals surface area (Å²) < 4.78 is 5.30. The van der Waals surface area contributed by atoms with Crippen LogP contribution in [0.15, 0.2) is 42.5 Å². The summed E-state index contributed by atoms with van der Waals surface area (Å²) in [6.45, 7) is 0.270. The molecule has 2 aromatic rings. The lowest BCUT2D eigenvalue weighted by molar-refractivity contribution is -0.148. The zero-order valence-electron chi connectivity index (χ0n) is 11.5. The van der Waals surface area contributed by atoms with Crippen molar-refractivity contribution in [3.8, 4) is 0 Å². The largest absolute Gasteiger partial charge is 0.459 e. The second kappa shape index (κ2) is 6.18. The minimum Gasteiger partial charge on any atom is -0.459 e. The lowest BCUT2D eigenvalue weighted by atomic mass is 10.1. The van der Waals surface area contributed by atoms with Gasteiger partial charge in [0.05, 0.1) is 11.6 Å². The first-order chi connectivity index (χ1) is 10.2. The Morgan fingerprint density at radius 1 is 1.19 bits per heavy atom. The molecule has 1 amide bonds. The van der Waals surface area contributed by atoms with Gasteiger partial charge in [-0.25, -0.2) is 0 Å². The van der Waals surface area contributed by atoms with E-state index in [4.69, 9.17) is 4.74 Å². The van der Waals surface area contributed by atoms with Gasteiger partial charge in [0.1, 0.15) is 13.2 Å². The maximum Gasteiger partial charge on any atom is 0.326 e. The Kier molecular flexibility index (Phi) is 4.10. The van der Waals surface area contributed by atoms with Crippen LogP contribution in [-0.2, 0) is 20.9 Å². The number of ether oxygens (including phenoxy) is 1. The summed E-state index contributed by atoms with van der Waals surface area (Å²) in [4.78, 5) is 24.8. The first-order valence-corrected chi connectivity index (χ1v) is 7.87. The predicted molar refractivity (Wildman–Crippen MR) is 82.8 cm³/mol. The van der Waals surface area contributed by atoms with Crippen LogP contribution in [0.25, 0.3) is 10.8 Å². The van der Waals surface area contributed by atoms with Crippen LogP contribution in [-0.4, -0.2) is 35.0 Å². The number of carbonyl (C=O) groups excluding carboxylic acids is 2. The summed E-state index contributed by atoms with van der Waals surface area (Å²) in [5.74, 6) is 0.666. The minimum absolute atomic E-state index is 0.00195. The van der Waals surface area contributed by atoms with Gasteiger partial charge in [-0.05, 0) is 16.3 Å². The molecule has 1 aliphatic heterocycles. The summed E-state index contributed by atoms with van der Waals surface area (Å²) in [6.07, 6.45) is 0. The molecule has 1 fully saturated rings. The number of rotatable bonds is 4. The molecule has 0 N–H and O–H groups in total. The zero-order valence-corrected chi connectivity index (χ0v) is 12.3. The van der Waals surface area contributed by atoms with Crippen LogP contribution >= 0.6 is 11.8 Å². The Morgan fingerprint density at radius 3 is 2.81 bits per heavy atom. The fraction of sp³-hybridized carbons (Fsp3) is 0.250. The highest BCUT2D eigenvalue weighted by molar-refractivity contribution is 8.00. The number of thioether (sulfide) groups is 1. The van der Waals surface area contributed by atoms with Crippen LogP contribution in [0, 0.1) is 0 Å². The minimum atomic E-state index is -0.362. The molecule has 4 nitrogen and oxygen atoms in total. The Morgan fingerprint density at radius 2 is 2.00 bits per heavy atom. The van der Waals surface area contributed by atoms with Crippen LogP contribution in [0.5, 0.6) is 0 Å². The predicted octanol–water partition coefficient (Wildman–Crippen LogP) is 2.42. The van der Waals surface area contributed by atoms with Crippen molar-refractivity contribution in [2.24, 2.45) is 0 Å². The fourth-order valence-corrected chi connectivity index (χ4v) is 3.22. The van der Waals surface area contributed by atoms with Crippen LogP contribution in [0.1, 0.15) is 5.56 Å². The van der Waals surface area contributed by atoms with E-state index >= 15 is 0 Å². The van der Waals surface area contributed by atoms with E-state index in [1.165, 1.54) is 16.7 Å². The number of amides is 1. The molecule has 0 aromatic heterocycles. The molecule has 1 saturated heterocycles. The highest BCUT2D eigenvalue weighted by Crippen LogP contribution is 2.19. The molecule has 3 rings (SSSR count). The van der Waals surface area contributed by atoms with E-state index in [0.717, 1.165) is 16.3 Å². The van der Waals surface area contributed by atoms with Gasteiger partial charge in [0, 0.05) is 0 Å². The van der Waals surface area contributed by atoms with Gasteiger partial charge >= 0.3 is 5.97 Å². The van der Waals surface area contributed by atoms with Crippen molar-refractivity contribution in [3.63, 3.8) is 0 Å². The highest BCUT2D eigenvalue weighted by atomic mass is 32.2. The summed E-state index contributed by atoms with van der Waals surface area (Å²) in [6, 6.07) is 13.9. The van der Waals surface area contributed by atoms with E-state index in [9.17, 15) is 9.59 Å². The van der Waals surface area contributed by atoms with Gasteiger partial charge in [-0.2, -0.15) is 0 Å². The number of carbonyl (C=O) groups is 2. The molecule has 0 aliphatic carbocycles. The zero-order chi connectivity index (χ0) is 14.7. The smallest absolute Gasteiger partial charge is 0.326 e. The van der Waals surface area contributed by atoms with E-state index in [0.29, 0.717) is 11.6 Å². The first-order valence-electron chi connectivity index (χ1n) is 6.72. The number of nitrogens with zero attached hydrogens (tertiary/aromatic N) is 1. The molecule has 2 aromatic carbocycles. The van der Waals surface area contributed by atoms with E-state index in [-0.39, 0.29) is 25.0 Å². The summed E-state index contributed by atoms with van der Waals surface area (Å²) >= 11 is 1.52. The number of hydrogen-bond donors (Lipinski definition) is 0. The van der Waals surface area contributed by atoms with Gasteiger partial charge in [0.25, 0.3) is 0 Å². The average molecular weight is 301 g/mol. The number of hydrogen-bond acceptors (Lipinski definition) is 4. The van der Waals surface area contributed by atoms with Crippen molar-refractivity contribution in [3.05, 3.63) is 48.0 Å². The SMILES string of the molecule is O=C(CN1CSCC1=O)OCc1cccc2ccccc12. The van der Waals surface area contributed by atoms with Gasteiger partial charge in [-0.15, -0.1) is 11.8 Å². The van der Waals surface area contributed by atoms with Gasteiger partial charge in [-0.1, -0.05) is 42.5 Å². The number of benzene rings is 2. The Bertz CT molecular complexity index is 681.